The number of benzene rings is 2. The van der Waals surface area contributed by atoms with Crippen LogP contribution in [-0.2, 0) is 24.3 Å². The second-order valence-electron chi connectivity index (χ2n) is 6.88. The standard InChI is InChI=1S/C22H21ClN2O5/c23-16-6-3-15(4-7-16)11-24-22(30)18-12-25(13-20(27)28)19-8-5-14(2-1-9-26)10-17(19)21(18)29/h3-8,10,12,26H,1-2,9,11,13H2,(H,24,30)(H,27,28). The molecule has 0 unspecified atom stereocenters. The topological polar surface area (TPSA) is 109 Å². The van der Waals surface area contributed by atoms with Crippen LogP contribution in [0.4, 0.5) is 0 Å². The molecule has 0 saturated carbocycles. The summed E-state index contributed by atoms with van der Waals surface area (Å²) in [7, 11) is 0. The Kier molecular flexibility index (Phi) is 6.87. The fourth-order valence-electron chi connectivity index (χ4n) is 3.20. The molecule has 0 radical (unpaired) electrons. The maximum atomic E-state index is 13.0. The van der Waals surface area contributed by atoms with Gasteiger partial charge in [-0.2, -0.15) is 0 Å². The molecule has 0 saturated heterocycles. The maximum Gasteiger partial charge on any atom is 0.323 e. The third-order valence-corrected chi connectivity index (χ3v) is 4.94. The van der Waals surface area contributed by atoms with Gasteiger partial charge in [0.1, 0.15) is 12.1 Å². The van der Waals surface area contributed by atoms with Gasteiger partial charge in [-0.15, -0.1) is 0 Å². The largest absolute Gasteiger partial charge is 0.480 e. The van der Waals surface area contributed by atoms with Crippen molar-refractivity contribution in [3.8, 4) is 0 Å². The highest BCUT2D eigenvalue weighted by molar-refractivity contribution is 6.30. The third-order valence-electron chi connectivity index (χ3n) is 4.68. The van der Waals surface area contributed by atoms with Crippen molar-refractivity contribution in [2.24, 2.45) is 0 Å². The monoisotopic (exact) mass is 428 g/mol. The predicted molar refractivity (Wildman–Crippen MR) is 114 cm³/mol. The van der Waals surface area contributed by atoms with E-state index in [4.69, 9.17) is 16.7 Å². The highest BCUT2D eigenvalue weighted by Gasteiger charge is 2.17. The molecule has 0 aliphatic heterocycles. The summed E-state index contributed by atoms with van der Waals surface area (Å²) in [6.45, 7) is -0.165. The number of nitrogens with one attached hydrogen (secondary N) is 1. The van der Waals surface area contributed by atoms with E-state index in [-0.39, 0.29) is 30.6 Å². The van der Waals surface area contributed by atoms with Gasteiger partial charge in [-0.05, 0) is 48.2 Å². The summed E-state index contributed by atoms with van der Waals surface area (Å²) in [5, 5.41) is 21.8. The molecule has 156 valence electrons. The van der Waals surface area contributed by atoms with Gasteiger partial charge in [0.25, 0.3) is 5.91 Å². The predicted octanol–water partition coefficient (Wildman–Crippen LogP) is 2.59. The summed E-state index contributed by atoms with van der Waals surface area (Å²) < 4.78 is 1.38. The van der Waals surface area contributed by atoms with Crippen molar-refractivity contribution in [2.45, 2.75) is 25.9 Å². The molecule has 30 heavy (non-hydrogen) atoms. The lowest BCUT2D eigenvalue weighted by molar-refractivity contribution is -0.137. The molecule has 3 N–H and O–H groups in total. The van der Waals surface area contributed by atoms with E-state index < -0.39 is 17.3 Å². The molecule has 0 aliphatic rings. The number of carboxylic acids is 1. The van der Waals surface area contributed by atoms with Crippen LogP contribution >= 0.6 is 11.6 Å². The average Bonchev–Trinajstić information content (AvgIpc) is 2.73. The number of aliphatic hydroxyl groups is 1. The van der Waals surface area contributed by atoms with Gasteiger partial charge in [0.2, 0.25) is 5.43 Å². The van der Waals surface area contributed by atoms with Gasteiger partial charge < -0.3 is 20.1 Å². The first kappa shape index (κ1) is 21.5. The number of pyridine rings is 1. The van der Waals surface area contributed by atoms with E-state index in [2.05, 4.69) is 5.32 Å². The lowest BCUT2D eigenvalue weighted by Crippen LogP contribution is -2.30. The van der Waals surface area contributed by atoms with Crippen molar-refractivity contribution in [1.29, 1.82) is 0 Å². The van der Waals surface area contributed by atoms with Gasteiger partial charge in [0, 0.05) is 29.8 Å². The van der Waals surface area contributed by atoms with Crippen molar-refractivity contribution in [3.63, 3.8) is 0 Å². The van der Waals surface area contributed by atoms with E-state index >= 15 is 0 Å². The van der Waals surface area contributed by atoms with Crippen LogP contribution in [0.3, 0.4) is 0 Å². The zero-order valence-corrected chi connectivity index (χ0v) is 16.9. The Morgan fingerprint density at radius 2 is 1.77 bits per heavy atom. The minimum Gasteiger partial charge on any atom is -0.480 e. The van der Waals surface area contributed by atoms with Gasteiger partial charge in [-0.1, -0.05) is 29.8 Å². The van der Waals surface area contributed by atoms with Gasteiger partial charge in [-0.25, -0.2) is 0 Å². The van der Waals surface area contributed by atoms with Crippen LogP contribution in [0.5, 0.6) is 0 Å². The number of amides is 1. The van der Waals surface area contributed by atoms with Crippen LogP contribution < -0.4 is 10.7 Å². The molecular formula is C22H21ClN2O5. The van der Waals surface area contributed by atoms with Gasteiger partial charge in [0.15, 0.2) is 0 Å². The lowest BCUT2D eigenvalue weighted by Gasteiger charge is -2.13. The Morgan fingerprint density at radius 1 is 1.07 bits per heavy atom. The van der Waals surface area contributed by atoms with E-state index in [1.807, 2.05) is 0 Å². The van der Waals surface area contributed by atoms with Crippen LogP contribution in [-0.4, -0.2) is 33.3 Å². The molecule has 0 atom stereocenters. The van der Waals surface area contributed by atoms with E-state index in [1.165, 1.54) is 10.8 Å². The molecular weight excluding hydrogens is 408 g/mol. The minimum atomic E-state index is -1.09. The maximum absolute atomic E-state index is 13.0. The number of carboxylic acid groups (broad SMARTS) is 1. The van der Waals surface area contributed by atoms with E-state index in [1.54, 1.807) is 42.5 Å². The number of aromatic nitrogens is 1. The van der Waals surface area contributed by atoms with Crippen LogP contribution in [0.2, 0.25) is 5.02 Å². The van der Waals surface area contributed by atoms with E-state index in [9.17, 15) is 19.5 Å². The number of hydrogen-bond acceptors (Lipinski definition) is 4. The number of aliphatic carboxylic acids is 1. The molecule has 8 heteroatoms. The highest BCUT2D eigenvalue weighted by Crippen LogP contribution is 2.16. The minimum absolute atomic E-state index is 0.0222. The van der Waals surface area contributed by atoms with Crippen LogP contribution in [0.1, 0.15) is 27.9 Å². The number of aryl methyl sites for hydroxylation is 1. The fourth-order valence-corrected chi connectivity index (χ4v) is 3.33. The zero-order valence-electron chi connectivity index (χ0n) is 16.1. The van der Waals surface area contributed by atoms with Crippen molar-refractivity contribution in [2.75, 3.05) is 6.61 Å². The first-order valence-corrected chi connectivity index (χ1v) is 9.78. The summed E-state index contributed by atoms with van der Waals surface area (Å²) in [6.07, 6.45) is 2.39. The molecule has 7 nitrogen and oxygen atoms in total. The lowest BCUT2D eigenvalue weighted by atomic mass is 10.0. The number of hydrogen-bond donors (Lipinski definition) is 3. The first-order valence-electron chi connectivity index (χ1n) is 9.40. The summed E-state index contributed by atoms with van der Waals surface area (Å²) in [5.74, 6) is -1.67. The molecule has 3 rings (SSSR count). The van der Waals surface area contributed by atoms with Crippen LogP contribution in [0.15, 0.2) is 53.5 Å². The molecule has 3 aromatic rings. The van der Waals surface area contributed by atoms with Gasteiger partial charge in [0.05, 0.1) is 5.52 Å². The Labute approximate surface area is 177 Å². The Hall–Kier alpha value is -3.16. The molecule has 0 bridgehead atoms. The third kappa shape index (κ3) is 5.06. The molecule has 0 aliphatic carbocycles. The normalized spacial score (nSPS) is 10.9. The van der Waals surface area contributed by atoms with Gasteiger partial charge >= 0.3 is 5.97 Å². The quantitative estimate of drug-likeness (QED) is 0.511. The summed E-state index contributed by atoms with van der Waals surface area (Å²) in [5.41, 5.74) is 1.48. The molecule has 0 spiro atoms. The number of halogens is 1. The average molecular weight is 429 g/mol. The highest BCUT2D eigenvalue weighted by atomic mass is 35.5. The smallest absolute Gasteiger partial charge is 0.323 e. The van der Waals surface area contributed by atoms with Crippen LogP contribution in [0, 0.1) is 0 Å². The Balaban J connectivity index is 1.98. The number of aliphatic hydroxyl groups excluding tert-OH is 1. The molecule has 1 amide bonds. The van der Waals surface area contributed by atoms with Crippen molar-refractivity contribution < 1.29 is 19.8 Å². The van der Waals surface area contributed by atoms with Crippen molar-refractivity contribution in [1.82, 2.24) is 9.88 Å². The molecule has 1 aromatic heterocycles. The molecule has 1 heterocycles. The summed E-state index contributed by atoms with van der Waals surface area (Å²) in [4.78, 5) is 37.0. The van der Waals surface area contributed by atoms with Crippen LogP contribution in [0.25, 0.3) is 10.9 Å². The zero-order chi connectivity index (χ0) is 21.7. The van der Waals surface area contributed by atoms with Crippen molar-refractivity contribution in [3.05, 3.63) is 80.6 Å². The number of rotatable bonds is 8. The van der Waals surface area contributed by atoms with E-state index in [0.717, 1.165) is 11.1 Å². The summed E-state index contributed by atoms with van der Waals surface area (Å²) in [6, 6.07) is 12.0. The number of carbonyl (C=O) groups excluding carboxylic acids is 1. The number of fused-ring (bicyclic) bond motifs is 1. The Morgan fingerprint density at radius 3 is 2.43 bits per heavy atom. The summed E-state index contributed by atoms with van der Waals surface area (Å²) >= 11 is 5.86. The first-order chi connectivity index (χ1) is 14.4. The van der Waals surface area contributed by atoms with Crippen molar-refractivity contribution >= 4 is 34.4 Å². The second-order valence-corrected chi connectivity index (χ2v) is 7.32. The molecule has 2 aromatic carbocycles. The number of carbonyl (C=O) groups is 2. The van der Waals surface area contributed by atoms with E-state index in [0.29, 0.717) is 23.4 Å². The van der Waals surface area contributed by atoms with Gasteiger partial charge in [-0.3, -0.25) is 14.4 Å². The second kappa shape index (κ2) is 9.56. The SMILES string of the molecule is O=C(O)Cn1cc(C(=O)NCc2ccc(Cl)cc2)c(=O)c2cc(CCCO)ccc21. The fraction of sp³-hybridized carbons (Fsp3) is 0.227. The number of nitrogens with zero attached hydrogens (tertiary/aromatic N) is 1. The Bertz CT molecular complexity index is 1140. The molecule has 0 fully saturated rings.